The van der Waals surface area contributed by atoms with E-state index in [0.717, 1.165) is 19.3 Å². The van der Waals surface area contributed by atoms with Crippen LogP contribution in [0.1, 0.15) is 51.9 Å². The maximum absolute atomic E-state index is 10.6. The van der Waals surface area contributed by atoms with E-state index in [4.69, 9.17) is 0 Å². The van der Waals surface area contributed by atoms with Crippen molar-refractivity contribution in [1.82, 2.24) is 0 Å². The fraction of sp³-hybridized carbons (Fsp3) is 0.818. The number of rotatable bonds is 8. The van der Waals surface area contributed by atoms with Crippen LogP contribution in [-0.4, -0.2) is 6.10 Å². The van der Waals surface area contributed by atoms with Gasteiger partial charge < -0.3 is 0 Å². The smallest absolute Gasteiger partial charge is 0.0902 e. The fourth-order valence-corrected chi connectivity index (χ4v) is 1.25. The third-order valence-corrected chi connectivity index (χ3v) is 2.02. The Morgan fingerprint density at radius 2 is 1.75 bits per heavy atom. The highest BCUT2D eigenvalue weighted by atomic mass is 16.3. The summed E-state index contributed by atoms with van der Waals surface area (Å²) in [5.74, 6) is 0. The van der Waals surface area contributed by atoms with Gasteiger partial charge in [0.2, 0.25) is 0 Å². The standard InChI is InChI=1S/C11H21O/c1-3-4-5-6-7-8-9-10-11(2)12/h3,11H,1,4-10H2,2H3. The van der Waals surface area contributed by atoms with Crippen molar-refractivity contribution in [1.29, 1.82) is 0 Å². The normalized spacial score (nSPS) is 12.8. The molecule has 0 fully saturated rings. The van der Waals surface area contributed by atoms with Crippen LogP contribution in [0.25, 0.3) is 0 Å². The minimum absolute atomic E-state index is 0.363. The zero-order valence-electron chi connectivity index (χ0n) is 8.22. The highest BCUT2D eigenvalue weighted by Crippen LogP contribution is 2.08. The summed E-state index contributed by atoms with van der Waals surface area (Å²) >= 11 is 0. The van der Waals surface area contributed by atoms with Crippen molar-refractivity contribution in [3.8, 4) is 0 Å². The second-order valence-electron chi connectivity index (χ2n) is 3.44. The molecule has 71 valence electrons. The van der Waals surface area contributed by atoms with E-state index in [2.05, 4.69) is 6.58 Å². The van der Waals surface area contributed by atoms with E-state index in [1.54, 1.807) is 6.92 Å². The Bertz CT molecular complexity index is 97.2. The van der Waals surface area contributed by atoms with Crippen LogP contribution in [0.5, 0.6) is 0 Å². The van der Waals surface area contributed by atoms with Gasteiger partial charge >= 0.3 is 0 Å². The number of allylic oxidation sites excluding steroid dienone is 1. The lowest BCUT2D eigenvalue weighted by molar-refractivity contribution is 0.0950. The molecule has 0 bridgehead atoms. The highest BCUT2D eigenvalue weighted by Gasteiger charge is 1.96. The average molecular weight is 169 g/mol. The summed E-state index contributed by atoms with van der Waals surface area (Å²) in [5, 5.41) is 10.6. The van der Waals surface area contributed by atoms with Gasteiger partial charge in [-0.25, -0.2) is 5.11 Å². The third-order valence-electron chi connectivity index (χ3n) is 2.02. The molecule has 0 aliphatic rings. The van der Waals surface area contributed by atoms with Crippen LogP contribution in [0.3, 0.4) is 0 Å². The topological polar surface area (TPSA) is 19.9 Å². The largest absolute Gasteiger partial charge is 0.233 e. The summed E-state index contributed by atoms with van der Waals surface area (Å²) < 4.78 is 0. The number of hydrogen-bond donors (Lipinski definition) is 0. The van der Waals surface area contributed by atoms with Crippen molar-refractivity contribution in [2.45, 2.75) is 58.0 Å². The van der Waals surface area contributed by atoms with E-state index in [9.17, 15) is 5.11 Å². The second kappa shape index (κ2) is 8.79. The summed E-state index contributed by atoms with van der Waals surface area (Å²) in [6.45, 7) is 5.42. The third kappa shape index (κ3) is 9.70. The maximum atomic E-state index is 10.6. The van der Waals surface area contributed by atoms with Crippen molar-refractivity contribution in [3.63, 3.8) is 0 Å². The Morgan fingerprint density at radius 3 is 2.33 bits per heavy atom. The van der Waals surface area contributed by atoms with Crippen LogP contribution < -0.4 is 0 Å². The summed E-state index contributed by atoms with van der Waals surface area (Å²) in [5.41, 5.74) is 0. The molecule has 0 aromatic carbocycles. The molecule has 0 heterocycles. The first-order valence-corrected chi connectivity index (χ1v) is 5.04. The van der Waals surface area contributed by atoms with Crippen molar-refractivity contribution in [2.24, 2.45) is 0 Å². The van der Waals surface area contributed by atoms with Gasteiger partial charge in [0.15, 0.2) is 0 Å². The highest BCUT2D eigenvalue weighted by molar-refractivity contribution is 4.65. The maximum Gasteiger partial charge on any atom is 0.0902 e. The molecule has 0 rings (SSSR count). The van der Waals surface area contributed by atoms with Crippen molar-refractivity contribution in [3.05, 3.63) is 12.7 Å². The van der Waals surface area contributed by atoms with Gasteiger partial charge in [0.25, 0.3) is 0 Å². The van der Waals surface area contributed by atoms with Crippen LogP contribution in [0, 0.1) is 0 Å². The van der Waals surface area contributed by atoms with Crippen molar-refractivity contribution >= 4 is 0 Å². The molecule has 1 atom stereocenters. The molecule has 0 aromatic heterocycles. The van der Waals surface area contributed by atoms with Gasteiger partial charge in [0.1, 0.15) is 0 Å². The summed E-state index contributed by atoms with van der Waals surface area (Å²) in [7, 11) is 0. The summed E-state index contributed by atoms with van der Waals surface area (Å²) in [6.07, 6.45) is 9.76. The predicted molar refractivity (Wildman–Crippen MR) is 52.7 cm³/mol. The summed E-state index contributed by atoms with van der Waals surface area (Å²) in [6, 6.07) is 0. The second-order valence-corrected chi connectivity index (χ2v) is 3.44. The molecule has 0 spiro atoms. The van der Waals surface area contributed by atoms with Crippen molar-refractivity contribution < 1.29 is 5.11 Å². The molecule has 1 heteroatoms. The first-order chi connectivity index (χ1) is 5.77. The minimum atomic E-state index is -0.363. The lowest BCUT2D eigenvalue weighted by Gasteiger charge is -2.01. The molecule has 1 radical (unpaired) electrons. The van der Waals surface area contributed by atoms with Crippen LogP contribution in [0.2, 0.25) is 0 Å². The van der Waals surface area contributed by atoms with Gasteiger partial charge in [-0.15, -0.1) is 6.58 Å². The number of hydrogen-bond acceptors (Lipinski definition) is 0. The lowest BCUT2D eigenvalue weighted by atomic mass is 10.1. The van der Waals surface area contributed by atoms with Crippen LogP contribution in [0.15, 0.2) is 12.7 Å². The Hall–Kier alpha value is -0.300. The van der Waals surface area contributed by atoms with Gasteiger partial charge in [-0.3, -0.25) is 0 Å². The molecule has 1 nitrogen and oxygen atoms in total. The first-order valence-electron chi connectivity index (χ1n) is 5.04. The minimum Gasteiger partial charge on any atom is -0.233 e. The molecule has 12 heavy (non-hydrogen) atoms. The van der Waals surface area contributed by atoms with Crippen LogP contribution in [0.4, 0.5) is 0 Å². The quantitative estimate of drug-likeness (QED) is 0.390. The average Bonchev–Trinajstić information content (AvgIpc) is 2.02. The van der Waals surface area contributed by atoms with Gasteiger partial charge in [0.05, 0.1) is 6.10 Å². The van der Waals surface area contributed by atoms with E-state index < -0.39 is 0 Å². The molecular weight excluding hydrogens is 148 g/mol. The SMILES string of the molecule is C=CCCCCCCCC(C)[O]. The van der Waals surface area contributed by atoms with E-state index >= 15 is 0 Å². The molecule has 0 amide bonds. The Morgan fingerprint density at radius 1 is 1.17 bits per heavy atom. The van der Waals surface area contributed by atoms with E-state index in [-0.39, 0.29) is 6.10 Å². The Kier molecular flexibility index (Phi) is 8.57. The van der Waals surface area contributed by atoms with Crippen LogP contribution in [-0.2, 0) is 5.11 Å². The molecule has 0 aliphatic heterocycles. The first kappa shape index (κ1) is 11.7. The van der Waals surface area contributed by atoms with Gasteiger partial charge in [-0.05, 0) is 26.2 Å². The monoisotopic (exact) mass is 169 g/mol. The molecule has 0 aliphatic carbocycles. The fourth-order valence-electron chi connectivity index (χ4n) is 1.25. The zero-order chi connectivity index (χ0) is 9.23. The van der Waals surface area contributed by atoms with Gasteiger partial charge in [0, 0.05) is 0 Å². The number of unbranched alkanes of at least 4 members (excludes halogenated alkanes) is 5. The van der Waals surface area contributed by atoms with Crippen LogP contribution >= 0.6 is 0 Å². The zero-order valence-corrected chi connectivity index (χ0v) is 8.22. The Balaban J connectivity index is 2.86. The lowest BCUT2D eigenvalue weighted by Crippen LogP contribution is -1.95. The molecular formula is C11H21O. The Labute approximate surface area is 76.5 Å². The van der Waals surface area contributed by atoms with Crippen molar-refractivity contribution in [2.75, 3.05) is 0 Å². The summed E-state index contributed by atoms with van der Waals surface area (Å²) in [4.78, 5) is 0. The van der Waals surface area contributed by atoms with Gasteiger partial charge in [-0.2, -0.15) is 0 Å². The van der Waals surface area contributed by atoms with E-state index in [1.165, 1.54) is 25.7 Å². The molecule has 0 saturated carbocycles. The van der Waals surface area contributed by atoms with E-state index in [1.807, 2.05) is 6.08 Å². The predicted octanol–water partition coefficient (Wildman–Crippen LogP) is 3.72. The molecule has 0 saturated heterocycles. The molecule has 0 aromatic rings. The van der Waals surface area contributed by atoms with E-state index in [0.29, 0.717) is 0 Å². The van der Waals surface area contributed by atoms with Gasteiger partial charge in [-0.1, -0.05) is 31.8 Å². The molecule has 0 N–H and O–H groups in total. The molecule has 1 unspecified atom stereocenters.